The highest BCUT2D eigenvalue weighted by atomic mass is 35.5. The molecule has 3 N–H and O–H groups in total. The Morgan fingerprint density at radius 3 is 1.91 bits per heavy atom. The van der Waals surface area contributed by atoms with Gasteiger partial charge in [-0.25, -0.2) is 9.36 Å². The topological polar surface area (TPSA) is 123 Å². The number of carbonyl (C=O) groups excluding carboxylic acids is 2. The smallest absolute Gasteiger partial charge is 0.445 e. The molecule has 0 radical (unpaired) electrons. The molecule has 3 rings (SSSR count). The summed E-state index contributed by atoms with van der Waals surface area (Å²) in [5.41, 5.74) is 1.83. The lowest BCUT2D eigenvalue weighted by Crippen LogP contribution is -2.48. The van der Waals surface area contributed by atoms with Crippen molar-refractivity contribution < 1.29 is 32.8 Å². The van der Waals surface area contributed by atoms with Gasteiger partial charge in [0.25, 0.3) is 0 Å². The number of rotatable bonds is 22. The third-order valence-corrected chi connectivity index (χ3v) is 8.53. The number of nitrogens with one attached hydrogen (secondary N) is 2. The molecule has 3 aromatic rings. The van der Waals surface area contributed by atoms with Crippen molar-refractivity contribution in [3.8, 4) is 5.75 Å². The Hall–Kier alpha value is -3.36. The van der Waals surface area contributed by atoms with Gasteiger partial charge in [-0.3, -0.25) is 14.2 Å². The number of carbonyl (C=O) groups is 2. The van der Waals surface area contributed by atoms with Crippen molar-refractivity contribution in [3.05, 3.63) is 101 Å². The molecule has 0 aromatic heterocycles. The highest BCUT2D eigenvalue weighted by molar-refractivity contribution is 7.47. The van der Waals surface area contributed by atoms with E-state index in [9.17, 15) is 19.0 Å². The summed E-state index contributed by atoms with van der Waals surface area (Å²) in [7, 11) is -4.20. The molecule has 0 aliphatic carbocycles. The van der Waals surface area contributed by atoms with Crippen LogP contribution in [0.25, 0.3) is 0 Å². The number of halogens is 1. The molecular weight excluding hydrogens is 627 g/mol. The first-order chi connectivity index (χ1) is 22.3. The molecule has 3 aromatic carbocycles. The number of unbranched alkanes of at least 4 members (excludes halogenated alkanes) is 9. The van der Waals surface area contributed by atoms with Gasteiger partial charge in [-0.05, 0) is 36.1 Å². The maximum Gasteiger partial charge on any atom is 0.527 e. The van der Waals surface area contributed by atoms with Crippen LogP contribution in [0.4, 0.5) is 4.79 Å². The molecule has 46 heavy (non-hydrogen) atoms. The second-order valence-corrected chi connectivity index (χ2v) is 12.9. The van der Waals surface area contributed by atoms with E-state index < -0.39 is 20.0 Å². The van der Waals surface area contributed by atoms with E-state index >= 15 is 0 Å². The average Bonchev–Trinajstić information content (AvgIpc) is 3.05. The summed E-state index contributed by atoms with van der Waals surface area (Å²) in [6, 6.07) is 24.8. The Balaban J connectivity index is 1.20. The number of amides is 2. The fourth-order valence-electron chi connectivity index (χ4n) is 4.79. The van der Waals surface area contributed by atoms with Crippen LogP contribution < -0.4 is 15.2 Å². The van der Waals surface area contributed by atoms with E-state index in [1.54, 1.807) is 18.2 Å². The van der Waals surface area contributed by atoms with Crippen molar-refractivity contribution >= 4 is 31.4 Å². The lowest BCUT2D eigenvalue weighted by Gasteiger charge is -2.18. The predicted octanol–water partition coefficient (Wildman–Crippen LogP) is 8.39. The van der Waals surface area contributed by atoms with Crippen molar-refractivity contribution in [2.24, 2.45) is 0 Å². The number of hydrogen-bond donors (Lipinski definition) is 3. The fourth-order valence-corrected chi connectivity index (χ4v) is 5.84. The number of phosphoric ester groups is 1. The quantitative estimate of drug-likeness (QED) is 0.0723. The van der Waals surface area contributed by atoms with Crippen LogP contribution in [0.1, 0.15) is 75.3 Å². The Kier molecular flexibility index (Phi) is 17.3. The zero-order chi connectivity index (χ0) is 32.9. The highest BCUT2D eigenvalue weighted by Crippen LogP contribution is 2.45. The first kappa shape index (κ1) is 37.1. The van der Waals surface area contributed by atoms with Crippen molar-refractivity contribution in [3.63, 3.8) is 0 Å². The molecule has 0 fully saturated rings. The minimum Gasteiger partial charge on any atom is -0.445 e. The predicted molar refractivity (Wildman–Crippen MR) is 181 cm³/mol. The maximum absolute atomic E-state index is 13.0. The van der Waals surface area contributed by atoms with Gasteiger partial charge in [0.15, 0.2) is 0 Å². The van der Waals surface area contributed by atoms with Crippen LogP contribution in [0.3, 0.4) is 0 Å². The maximum atomic E-state index is 13.0. The number of phosphoric acid groups is 1. The van der Waals surface area contributed by atoms with Gasteiger partial charge < -0.3 is 19.9 Å². The van der Waals surface area contributed by atoms with Gasteiger partial charge in [-0.1, -0.05) is 136 Å². The third kappa shape index (κ3) is 15.8. The van der Waals surface area contributed by atoms with Crippen LogP contribution in [-0.4, -0.2) is 36.1 Å². The number of alkyl carbamates (subject to hydrolysis) is 1. The minimum absolute atomic E-state index is 0.124. The van der Waals surface area contributed by atoms with E-state index in [4.69, 9.17) is 25.4 Å². The molecule has 0 heterocycles. The number of ether oxygens (including phenoxy) is 1. The second kappa shape index (κ2) is 21.4. The van der Waals surface area contributed by atoms with Crippen molar-refractivity contribution in [1.29, 1.82) is 0 Å². The van der Waals surface area contributed by atoms with Gasteiger partial charge in [0, 0.05) is 13.0 Å². The van der Waals surface area contributed by atoms with Crippen molar-refractivity contribution in [1.82, 2.24) is 10.6 Å². The van der Waals surface area contributed by atoms with Crippen LogP contribution >= 0.6 is 19.4 Å². The molecule has 11 heteroatoms. The molecule has 0 spiro atoms. The summed E-state index contributed by atoms with van der Waals surface area (Å²) in [6.45, 7) is 0.838. The van der Waals surface area contributed by atoms with E-state index in [-0.39, 0.29) is 29.9 Å². The van der Waals surface area contributed by atoms with Crippen molar-refractivity contribution in [2.45, 2.75) is 83.3 Å². The molecule has 0 bridgehead atoms. The number of para-hydroxylation sites is 1. The first-order valence-corrected chi connectivity index (χ1v) is 17.9. The molecule has 2 amide bonds. The molecule has 2 atom stereocenters. The highest BCUT2D eigenvalue weighted by Gasteiger charge is 2.24. The molecule has 0 aliphatic rings. The van der Waals surface area contributed by atoms with E-state index in [1.165, 1.54) is 6.07 Å². The van der Waals surface area contributed by atoms with E-state index in [0.717, 1.165) is 68.9 Å². The van der Waals surface area contributed by atoms with Gasteiger partial charge >= 0.3 is 13.9 Å². The van der Waals surface area contributed by atoms with E-state index in [2.05, 4.69) is 10.6 Å². The van der Waals surface area contributed by atoms with Gasteiger partial charge in [-0.2, -0.15) is 0 Å². The SMILES string of the molecule is O=C(N[C@H](Cc1ccccc1)C(=O)NCCCCCCCCCCCCOP(=O)(O)Oc1ccccc1Cl)OCc1ccccc1. The molecular formula is C35H46ClN2O7P. The molecule has 0 aliphatic heterocycles. The summed E-state index contributed by atoms with van der Waals surface area (Å²) in [5, 5.41) is 5.96. The van der Waals surface area contributed by atoms with E-state index in [1.807, 2.05) is 60.7 Å². The Labute approximate surface area is 277 Å². The third-order valence-electron chi connectivity index (χ3n) is 7.28. The monoisotopic (exact) mass is 672 g/mol. The normalized spacial score (nSPS) is 12.9. The molecule has 0 saturated carbocycles. The average molecular weight is 673 g/mol. The Bertz CT molecular complexity index is 1350. The summed E-state index contributed by atoms with van der Waals surface area (Å²) >= 11 is 5.95. The summed E-state index contributed by atoms with van der Waals surface area (Å²) in [4.78, 5) is 35.3. The lowest BCUT2D eigenvalue weighted by molar-refractivity contribution is -0.123. The summed E-state index contributed by atoms with van der Waals surface area (Å²) in [5.74, 6) is -0.0979. The number of benzene rings is 3. The molecule has 9 nitrogen and oxygen atoms in total. The summed E-state index contributed by atoms with van der Waals surface area (Å²) < 4.78 is 27.5. The van der Waals surface area contributed by atoms with Crippen LogP contribution in [-0.2, 0) is 31.6 Å². The minimum atomic E-state index is -4.20. The van der Waals surface area contributed by atoms with E-state index in [0.29, 0.717) is 19.4 Å². The molecule has 0 saturated heterocycles. The van der Waals surface area contributed by atoms with Crippen LogP contribution in [0, 0.1) is 0 Å². The van der Waals surface area contributed by atoms with Crippen LogP contribution in [0.2, 0.25) is 5.02 Å². The lowest BCUT2D eigenvalue weighted by atomic mass is 10.0. The Morgan fingerprint density at radius 2 is 1.28 bits per heavy atom. The zero-order valence-electron chi connectivity index (χ0n) is 26.3. The second-order valence-electron chi connectivity index (χ2n) is 11.1. The van der Waals surface area contributed by atoms with Crippen LogP contribution in [0.5, 0.6) is 5.75 Å². The zero-order valence-corrected chi connectivity index (χ0v) is 27.9. The largest absolute Gasteiger partial charge is 0.527 e. The van der Waals surface area contributed by atoms with Gasteiger partial charge in [0.2, 0.25) is 5.91 Å². The molecule has 250 valence electrons. The van der Waals surface area contributed by atoms with Crippen LogP contribution in [0.15, 0.2) is 84.9 Å². The van der Waals surface area contributed by atoms with Gasteiger partial charge in [0.05, 0.1) is 11.6 Å². The Morgan fingerprint density at radius 1 is 0.739 bits per heavy atom. The van der Waals surface area contributed by atoms with Gasteiger partial charge in [0.1, 0.15) is 18.4 Å². The first-order valence-electron chi connectivity index (χ1n) is 16.0. The molecule has 1 unspecified atom stereocenters. The number of hydrogen-bond acceptors (Lipinski definition) is 6. The standard InChI is InChI=1S/C35H46ClN2O7P/c36-31-23-15-16-24-33(31)45-46(41,42)44-26-18-8-6-4-2-1-3-5-7-17-25-37-34(39)32(27-29-19-11-9-12-20-29)38-35(40)43-28-30-21-13-10-14-22-30/h9-16,19-24,32H,1-8,17-18,25-28H2,(H,37,39)(H,38,40)(H,41,42)/t32-/m1/s1. The van der Waals surface area contributed by atoms with Crippen molar-refractivity contribution in [2.75, 3.05) is 13.2 Å². The summed E-state index contributed by atoms with van der Waals surface area (Å²) in [6.07, 6.45) is 9.89. The fraction of sp³-hybridized carbons (Fsp3) is 0.429. The van der Waals surface area contributed by atoms with Gasteiger partial charge in [-0.15, -0.1) is 0 Å².